The number of benzene rings is 1. The van der Waals surface area contributed by atoms with Crippen LogP contribution in [-0.4, -0.2) is 45.5 Å². The zero-order valence-corrected chi connectivity index (χ0v) is 15.3. The molecule has 8 heteroatoms. The molecule has 1 aromatic carbocycles. The predicted molar refractivity (Wildman–Crippen MR) is 93.2 cm³/mol. The van der Waals surface area contributed by atoms with E-state index in [1.807, 2.05) is 4.90 Å². The number of amides is 1. The fourth-order valence-electron chi connectivity index (χ4n) is 2.99. The van der Waals surface area contributed by atoms with E-state index in [0.717, 1.165) is 18.6 Å². The van der Waals surface area contributed by atoms with Crippen molar-refractivity contribution in [1.82, 2.24) is 5.32 Å². The largest absolute Gasteiger partial charge is 0.371 e. The minimum atomic E-state index is -3.39. The Kier molecular flexibility index (Phi) is 6.37. The molecule has 1 heterocycles. The summed E-state index contributed by atoms with van der Waals surface area (Å²) in [5, 5.41) is 2.67. The fourth-order valence-corrected chi connectivity index (χ4v) is 4.63. The van der Waals surface area contributed by atoms with Gasteiger partial charge in [0.05, 0.1) is 5.75 Å². The van der Waals surface area contributed by atoms with Crippen molar-refractivity contribution >= 4 is 21.4 Å². The molecule has 0 aromatic heterocycles. The van der Waals surface area contributed by atoms with Crippen LogP contribution in [0.2, 0.25) is 0 Å². The second kappa shape index (κ2) is 8.12. The summed E-state index contributed by atoms with van der Waals surface area (Å²) in [5.74, 6) is -2.63. The van der Waals surface area contributed by atoms with Crippen molar-refractivity contribution in [2.45, 2.75) is 20.3 Å². The zero-order valence-electron chi connectivity index (χ0n) is 14.5. The van der Waals surface area contributed by atoms with E-state index in [1.54, 1.807) is 13.8 Å². The monoisotopic (exact) mass is 374 g/mol. The van der Waals surface area contributed by atoms with Gasteiger partial charge >= 0.3 is 0 Å². The average Bonchev–Trinajstić information content (AvgIpc) is 2.95. The Balaban J connectivity index is 1.81. The molecule has 140 valence electrons. The highest BCUT2D eigenvalue weighted by Crippen LogP contribution is 2.24. The topological polar surface area (TPSA) is 66.5 Å². The van der Waals surface area contributed by atoms with Gasteiger partial charge in [-0.2, -0.15) is 0 Å². The molecule has 2 rings (SSSR count). The first kappa shape index (κ1) is 19.6. The molecule has 1 fully saturated rings. The van der Waals surface area contributed by atoms with Gasteiger partial charge in [-0.1, -0.05) is 13.8 Å². The van der Waals surface area contributed by atoms with Crippen molar-refractivity contribution in [3.05, 3.63) is 29.8 Å². The van der Waals surface area contributed by atoms with Crippen LogP contribution in [-0.2, 0) is 14.6 Å². The van der Waals surface area contributed by atoms with Gasteiger partial charge in [0.25, 0.3) is 0 Å². The molecule has 0 saturated carbocycles. The molecule has 1 aromatic rings. The third-order valence-electron chi connectivity index (χ3n) is 4.08. The van der Waals surface area contributed by atoms with Crippen LogP contribution in [0.3, 0.4) is 0 Å². The van der Waals surface area contributed by atoms with E-state index in [-0.39, 0.29) is 17.6 Å². The van der Waals surface area contributed by atoms with Crippen LogP contribution in [0, 0.1) is 23.5 Å². The van der Waals surface area contributed by atoms with Crippen LogP contribution in [0.15, 0.2) is 18.2 Å². The summed E-state index contributed by atoms with van der Waals surface area (Å²) in [6, 6.07) is 3.78. The number of anilines is 1. The molecule has 1 atom stereocenters. The lowest BCUT2D eigenvalue weighted by Crippen LogP contribution is -2.36. The van der Waals surface area contributed by atoms with Crippen LogP contribution in [0.4, 0.5) is 14.5 Å². The number of nitrogens with one attached hydrogen (secondary N) is 1. The van der Waals surface area contributed by atoms with Crippen molar-refractivity contribution < 1.29 is 22.0 Å². The van der Waals surface area contributed by atoms with E-state index in [0.29, 0.717) is 25.3 Å². The molecule has 1 aliphatic heterocycles. The van der Waals surface area contributed by atoms with Gasteiger partial charge in [-0.15, -0.1) is 0 Å². The lowest BCUT2D eigenvalue weighted by Gasteiger charge is -2.19. The van der Waals surface area contributed by atoms with Crippen molar-refractivity contribution in [1.29, 1.82) is 0 Å². The molecule has 1 saturated heterocycles. The van der Waals surface area contributed by atoms with Gasteiger partial charge in [-0.3, -0.25) is 4.79 Å². The molecule has 0 radical (unpaired) electrons. The summed E-state index contributed by atoms with van der Waals surface area (Å²) >= 11 is 0. The molecule has 1 N–H and O–H groups in total. The van der Waals surface area contributed by atoms with Gasteiger partial charge in [0.15, 0.2) is 21.5 Å². The molecule has 1 amide bonds. The molecule has 25 heavy (non-hydrogen) atoms. The second-order valence-corrected chi connectivity index (χ2v) is 9.06. The van der Waals surface area contributed by atoms with Crippen LogP contribution in [0.25, 0.3) is 0 Å². The zero-order chi connectivity index (χ0) is 18.6. The SMILES string of the molecule is CC(C)CS(=O)(=O)CC(=O)NCC1CCN(c2ccc(F)c(F)c2)C1. The van der Waals surface area contributed by atoms with Gasteiger partial charge in [0.2, 0.25) is 5.91 Å². The van der Waals surface area contributed by atoms with E-state index in [2.05, 4.69) is 5.32 Å². The van der Waals surface area contributed by atoms with E-state index in [9.17, 15) is 22.0 Å². The first-order chi connectivity index (χ1) is 11.7. The fraction of sp³-hybridized carbons (Fsp3) is 0.588. The van der Waals surface area contributed by atoms with Crippen molar-refractivity contribution in [3.8, 4) is 0 Å². The molecule has 0 bridgehead atoms. The summed E-state index contributed by atoms with van der Waals surface area (Å²) in [6.45, 7) is 5.24. The Hall–Kier alpha value is -1.70. The number of rotatable bonds is 7. The van der Waals surface area contributed by atoms with Crippen LogP contribution < -0.4 is 10.2 Å². The Morgan fingerprint density at radius 3 is 2.68 bits per heavy atom. The summed E-state index contributed by atoms with van der Waals surface area (Å²) in [4.78, 5) is 13.8. The summed E-state index contributed by atoms with van der Waals surface area (Å²) in [5.41, 5.74) is 0.604. The number of carbonyl (C=O) groups is 1. The van der Waals surface area contributed by atoms with E-state index >= 15 is 0 Å². The summed E-state index contributed by atoms with van der Waals surface area (Å²) < 4.78 is 49.9. The lowest BCUT2D eigenvalue weighted by atomic mass is 10.1. The third kappa shape index (κ3) is 5.95. The highest BCUT2D eigenvalue weighted by atomic mass is 32.2. The maximum absolute atomic E-state index is 13.3. The van der Waals surface area contributed by atoms with Crippen molar-refractivity contribution in [2.24, 2.45) is 11.8 Å². The second-order valence-electron chi connectivity index (χ2n) is 6.95. The Morgan fingerprint density at radius 2 is 2.04 bits per heavy atom. The molecule has 0 aliphatic carbocycles. The Labute approximate surface area is 147 Å². The predicted octanol–water partition coefficient (Wildman–Crippen LogP) is 1.98. The van der Waals surface area contributed by atoms with E-state index < -0.39 is 33.1 Å². The van der Waals surface area contributed by atoms with Crippen molar-refractivity contribution in [3.63, 3.8) is 0 Å². The van der Waals surface area contributed by atoms with E-state index in [4.69, 9.17) is 0 Å². The Bertz CT molecular complexity index is 723. The number of sulfone groups is 1. The van der Waals surface area contributed by atoms with Crippen LogP contribution >= 0.6 is 0 Å². The third-order valence-corrected chi connectivity index (χ3v) is 5.96. The Morgan fingerprint density at radius 1 is 1.32 bits per heavy atom. The number of nitrogens with zero attached hydrogens (tertiary/aromatic N) is 1. The summed E-state index contributed by atoms with van der Waals surface area (Å²) in [6.07, 6.45) is 0.790. The first-order valence-electron chi connectivity index (χ1n) is 8.33. The molecular formula is C17H24F2N2O3S. The van der Waals surface area contributed by atoms with Gasteiger partial charge in [0, 0.05) is 31.4 Å². The van der Waals surface area contributed by atoms with Gasteiger partial charge in [-0.25, -0.2) is 17.2 Å². The smallest absolute Gasteiger partial charge is 0.235 e. The molecule has 5 nitrogen and oxygen atoms in total. The average molecular weight is 374 g/mol. The maximum Gasteiger partial charge on any atom is 0.235 e. The lowest BCUT2D eigenvalue weighted by molar-refractivity contribution is -0.118. The van der Waals surface area contributed by atoms with Gasteiger partial charge in [0.1, 0.15) is 5.75 Å². The standard InChI is InChI=1S/C17H24F2N2O3S/c1-12(2)10-25(23,24)11-17(22)20-8-13-5-6-21(9-13)14-3-4-15(18)16(19)7-14/h3-4,7,12-13H,5-6,8-11H2,1-2H3,(H,20,22). The van der Waals surface area contributed by atoms with Crippen LogP contribution in [0.5, 0.6) is 0 Å². The number of hydrogen-bond donors (Lipinski definition) is 1. The number of carbonyl (C=O) groups excluding carboxylic acids is 1. The minimum absolute atomic E-state index is 0.00619. The summed E-state index contributed by atoms with van der Waals surface area (Å²) in [7, 11) is -3.39. The van der Waals surface area contributed by atoms with Crippen LogP contribution in [0.1, 0.15) is 20.3 Å². The quantitative estimate of drug-likeness (QED) is 0.793. The number of halogens is 2. The molecule has 0 spiro atoms. The highest BCUT2D eigenvalue weighted by Gasteiger charge is 2.25. The first-order valence-corrected chi connectivity index (χ1v) is 10.2. The molecular weight excluding hydrogens is 350 g/mol. The van der Waals surface area contributed by atoms with E-state index in [1.165, 1.54) is 6.07 Å². The molecule has 1 aliphatic rings. The highest BCUT2D eigenvalue weighted by molar-refractivity contribution is 7.92. The normalized spacial score (nSPS) is 18.0. The van der Waals surface area contributed by atoms with Gasteiger partial charge < -0.3 is 10.2 Å². The molecule has 1 unspecified atom stereocenters. The van der Waals surface area contributed by atoms with Crippen molar-refractivity contribution in [2.75, 3.05) is 36.0 Å². The minimum Gasteiger partial charge on any atom is -0.371 e. The van der Waals surface area contributed by atoms with Gasteiger partial charge in [-0.05, 0) is 30.4 Å². The number of hydrogen-bond acceptors (Lipinski definition) is 4. The maximum atomic E-state index is 13.3.